The molecule has 3 aromatic carbocycles. The molecular formula is C22H25OP. The quantitative estimate of drug-likeness (QED) is 0.458. The van der Waals surface area contributed by atoms with Crippen LogP contribution in [0.15, 0.2) is 91.0 Å². The predicted molar refractivity (Wildman–Crippen MR) is 107 cm³/mol. The zero-order valence-electron chi connectivity index (χ0n) is 14.2. The molecule has 0 atom stereocenters. The third-order valence-electron chi connectivity index (χ3n) is 4.36. The van der Waals surface area contributed by atoms with Gasteiger partial charge in [-0.25, -0.2) is 0 Å². The summed E-state index contributed by atoms with van der Waals surface area (Å²) < 4.78 is 6.77. The summed E-state index contributed by atoms with van der Waals surface area (Å²) in [7, 11) is -2.46. The van der Waals surface area contributed by atoms with Crippen LogP contribution in [0.1, 0.15) is 19.8 Å². The summed E-state index contributed by atoms with van der Waals surface area (Å²) >= 11 is 0. The van der Waals surface area contributed by atoms with Crippen molar-refractivity contribution in [3.8, 4) is 0 Å². The topological polar surface area (TPSA) is 9.23 Å². The van der Waals surface area contributed by atoms with E-state index in [0.29, 0.717) is 0 Å². The van der Waals surface area contributed by atoms with Gasteiger partial charge in [-0.1, -0.05) is 0 Å². The zero-order valence-corrected chi connectivity index (χ0v) is 15.2. The molecule has 0 amide bonds. The number of rotatable bonds is 7. The average Bonchev–Trinajstić information content (AvgIpc) is 2.68. The van der Waals surface area contributed by atoms with Crippen LogP contribution in [0, 0.1) is 0 Å². The summed E-state index contributed by atoms with van der Waals surface area (Å²) in [6.07, 6.45) is 2.23. The van der Waals surface area contributed by atoms with Crippen LogP contribution in [0.5, 0.6) is 0 Å². The molecule has 0 aliphatic heterocycles. The summed E-state index contributed by atoms with van der Waals surface area (Å²) in [6.45, 7) is 3.00. The molecule has 24 heavy (non-hydrogen) atoms. The third-order valence-corrected chi connectivity index (χ3v) is 8.43. The average molecular weight is 336 g/mol. The standard InChI is InChI=1S/C22H25OP/c1-2-3-19-23-24(20-13-7-4-8-14-20,21-15-9-5-10-16-21)22-17-11-6-12-18-22/h4-18,24H,2-3,19H2,1H3. The van der Waals surface area contributed by atoms with Gasteiger partial charge in [0.15, 0.2) is 0 Å². The van der Waals surface area contributed by atoms with Crippen LogP contribution >= 0.6 is 7.49 Å². The van der Waals surface area contributed by atoms with Crippen molar-refractivity contribution in [3.63, 3.8) is 0 Å². The summed E-state index contributed by atoms with van der Waals surface area (Å²) in [5, 5.41) is 3.91. The van der Waals surface area contributed by atoms with E-state index in [2.05, 4.69) is 97.9 Å². The van der Waals surface area contributed by atoms with Crippen molar-refractivity contribution < 1.29 is 4.52 Å². The molecule has 0 bridgehead atoms. The van der Waals surface area contributed by atoms with Gasteiger partial charge in [0.25, 0.3) is 0 Å². The SMILES string of the molecule is CCCCO[PH](c1ccccc1)(c1ccccc1)c1ccccc1. The Morgan fingerprint density at radius 1 is 0.625 bits per heavy atom. The van der Waals surface area contributed by atoms with Crippen LogP contribution in [0.4, 0.5) is 0 Å². The van der Waals surface area contributed by atoms with Crippen LogP contribution in [0.2, 0.25) is 0 Å². The van der Waals surface area contributed by atoms with Gasteiger partial charge in [-0.05, 0) is 0 Å². The summed E-state index contributed by atoms with van der Waals surface area (Å²) in [5.41, 5.74) is 0. The Morgan fingerprint density at radius 2 is 1.00 bits per heavy atom. The fourth-order valence-electron chi connectivity index (χ4n) is 3.14. The normalized spacial score (nSPS) is 12.0. The molecule has 1 nitrogen and oxygen atoms in total. The minimum atomic E-state index is -2.46. The molecule has 0 radical (unpaired) electrons. The Hall–Kier alpha value is -1.95. The van der Waals surface area contributed by atoms with Gasteiger partial charge >= 0.3 is 145 Å². The summed E-state index contributed by atoms with van der Waals surface area (Å²) in [4.78, 5) is 0. The first-order valence-corrected chi connectivity index (χ1v) is 10.6. The van der Waals surface area contributed by atoms with Gasteiger partial charge in [0.05, 0.1) is 0 Å². The molecule has 0 unspecified atom stereocenters. The van der Waals surface area contributed by atoms with Crippen molar-refractivity contribution in [1.29, 1.82) is 0 Å². The van der Waals surface area contributed by atoms with E-state index in [1.54, 1.807) is 0 Å². The predicted octanol–water partition coefficient (Wildman–Crippen LogP) is 4.44. The second-order valence-electron chi connectivity index (χ2n) is 5.98. The Kier molecular flexibility index (Phi) is 5.80. The van der Waals surface area contributed by atoms with Gasteiger partial charge in [-0.3, -0.25) is 0 Å². The van der Waals surface area contributed by atoms with E-state index in [1.807, 2.05) is 0 Å². The van der Waals surface area contributed by atoms with E-state index in [4.69, 9.17) is 4.52 Å². The molecule has 0 saturated heterocycles. The van der Waals surface area contributed by atoms with Crippen LogP contribution < -0.4 is 15.9 Å². The van der Waals surface area contributed by atoms with E-state index in [-0.39, 0.29) is 0 Å². The monoisotopic (exact) mass is 336 g/mol. The van der Waals surface area contributed by atoms with Crippen LogP contribution in [0.3, 0.4) is 0 Å². The van der Waals surface area contributed by atoms with E-state index >= 15 is 0 Å². The molecule has 0 aliphatic rings. The maximum atomic E-state index is 6.77. The molecule has 3 aromatic rings. The maximum absolute atomic E-state index is 6.77. The van der Waals surface area contributed by atoms with E-state index in [1.165, 1.54) is 15.9 Å². The van der Waals surface area contributed by atoms with Crippen molar-refractivity contribution in [3.05, 3.63) is 91.0 Å². The number of benzene rings is 3. The van der Waals surface area contributed by atoms with Crippen molar-refractivity contribution in [2.45, 2.75) is 19.8 Å². The molecule has 0 aromatic heterocycles. The third kappa shape index (κ3) is 3.43. The molecule has 2 heteroatoms. The minimum absolute atomic E-state index is 0.793. The molecule has 0 fully saturated rings. The van der Waals surface area contributed by atoms with Crippen molar-refractivity contribution in [1.82, 2.24) is 0 Å². The molecule has 3 rings (SSSR count). The van der Waals surface area contributed by atoms with Crippen molar-refractivity contribution in [2.24, 2.45) is 0 Å². The Labute approximate surface area is 145 Å². The second-order valence-corrected chi connectivity index (χ2v) is 9.36. The molecule has 0 heterocycles. The van der Waals surface area contributed by atoms with Gasteiger partial charge in [0.1, 0.15) is 0 Å². The van der Waals surface area contributed by atoms with Crippen molar-refractivity contribution in [2.75, 3.05) is 6.61 Å². The molecule has 124 valence electrons. The van der Waals surface area contributed by atoms with Gasteiger partial charge in [0, 0.05) is 0 Å². The summed E-state index contributed by atoms with van der Waals surface area (Å²) in [5.74, 6) is 0. The summed E-state index contributed by atoms with van der Waals surface area (Å²) in [6, 6.07) is 32.2. The van der Waals surface area contributed by atoms with Gasteiger partial charge in [-0.15, -0.1) is 0 Å². The molecule has 0 aliphatic carbocycles. The number of hydrogen-bond donors (Lipinski definition) is 0. The molecule has 0 saturated carbocycles. The van der Waals surface area contributed by atoms with E-state index in [9.17, 15) is 0 Å². The fourth-order valence-corrected chi connectivity index (χ4v) is 7.07. The Balaban J connectivity index is 2.20. The Bertz CT molecular complexity index is 629. The fraction of sp³-hybridized carbons (Fsp3) is 0.182. The second kappa shape index (κ2) is 8.24. The first-order chi connectivity index (χ1) is 11.9. The van der Waals surface area contributed by atoms with Gasteiger partial charge in [-0.2, -0.15) is 0 Å². The molecule has 0 N–H and O–H groups in total. The number of hydrogen-bond acceptors (Lipinski definition) is 1. The van der Waals surface area contributed by atoms with E-state index < -0.39 is 7.49 Å². The zero-order chi connectivity index (χ0) is 16.7. The first-order valence-electron chi connectivity index (χ1n) is 8.68. The first kappa shape index (κ1) is 16.9. The molecule has 0 spiro atoms. The Morgan fingerprint density at radius 3 is 1.33 bits per heavy atom. The number of unbranched alkanes of at least 4 members (excludes halogenated alkanes) is 1. The van der Waals surface area contributed by atoms with Gasteiger partial charge in [0.2, 0.25) is 0 Å². The van der Waals surface area contributed by atoms with Crippen LogP contribution in [-0.4, -0.2) is 6.61 Å². The molecular weight excluding hydrogens is 311 g/mol. The van der Waals surface area contributed by atoms with E-state index in [0.717, 1.165) is 19.4 Å². The van der Waals surface area contributed by atoms with Crippen molar-refractivity contribution >= 4 is 23.4 Å². The van der Waals surface area contributed by atoms with Gasteiger partial charge < -0.3 is 0 Å². The van der Waals surface area contributed by atoms with Crippen LogP contribution in [-0.2, 0) is 4.52 Å². The van der Waals surface area contributed by atoms with Crippen LogP contribution in [0.25, 0.3) is 0 Å².